The first kappa shape index (κ1) is 20.4. The van der Waals surface area contributed by atoms with E-state index in [4.69, 9.17) is 32.7 Å². The number of hydrogen-bond donors (Lipinski definition) is 1. The van der Waals surface area contributed by atoms with Crippen LogP contribution >= 0.6 is 23.2 Å². The van der Waals surface area contributed by atoms with Crippen LogP contribution in [0.3, 0.4) is 0 Å². The fraction of sp³-hybridized carbons (Fsp3) is 0.579. The lowest BCUT2D eigenvalue weighted by Crippen LogP contribution is -2.43. The summed E-state index contributed by atoms with van der Waals surface area (Å²) in [6, 6.07) is 4.98. The van der Waals surface area contributed by atoms with Gasteiger partial charge in [-0.05, 0) is 38.0 Å². The number of esters is 2. The first-order chi connectivity index (χ1) is 12.8. The second-order valence-electron chi connectivity index (χ2n) is 6.87. The summed E-state index contributed by atoms with van der Waals surface area (Å²) in [5.74, 6) is -3.33. The number of carbonyl (C=O) groups is 2. The maximum atomic E-state index is 15.1. The molecular formula is C19H22Cl2FNO4. The molecule has 0 spiro atoms. The monoisotopic (exact) mass is 417 g/mol. The first-order valence-electron chi connectivity index (χ1n) is 9.04. The molecule has 8 heteroatoms. The number of alkyl halides is 1. The van der Waals surface area contributed by atoms with Crippen LogP contribution in [0.4, 0.5) is 4.39 Å². The Labute approximate surface area is 167 Å². The van der Waals surface area contributed by atoms with Crippen LogP contribution < -0.4 is 5.32 Å². The minimum atomic E-state index is -2.09. The molecule has 27 heavy (non-hydrogen) atoms. The smallest absolute Gasteiger partial charge is 0.344 e. The van der Waals surface area contributed by atoms with E-state index in [1.165, 1.54) is 0 Å². The van der Waals surface area contributed by atoms with Crippen LogP contribution in [-0.4, -0.2) is 36.9 Å². The second-order valence-corrected chi connectivity index (χ2v) is 7.68. The Balaban J connectivity index is 1.71. The molecule has 5 nitrogen and oxygen atoms in total. The maximum Gasteiger partial charge on any atom is 0.344 e. The Morgan fingerprint density at radius 1 is 1.22 bits per heavy atom. The number of nitrogens with one attached hydrogen (secondary N) is 1. The maximum absolute atomic E-state index is 15.1. The van der Waals surface area contributed by atoms with Crippen LogP contribution in [0.2, 0.25) is 10.0 Å². The van der Waals surface area contributed by atoms with Gasteiger partial charge in [-0.3, -0.25) is 4.79 Å². The molecule has 0 heterocycles. The lowest BCUT2D eigenvalue weighted by atomic mass is 9.93. The van der Waals surface area contributed by atoms with Crippen molar-refractivity contribution in [1.82, 2.24) is 5.32 Å². The van der Waals surface area contributed by atoms with Crippen molar-refractivity contribution in [2.24, 2.45) is 17.8 Å². The lowest BCUT2D eigenvalue weighted by molar-refractivity contribution is -0.156. The van der Waals surface area contributed by atoms with Gasteiger partial charge in [-0.15, -0.1) is 0 Å². The van der Waals surface area contributed by atoms with Gasteiger partial charge in [0.05, 0.1) is 29.2 Å². The highest BCUT2D eigenvalue weighted by atomic mass is 35.5. The van der Waals surface area contributed by atoms with Gasteiger partial charge < -0.3 is 14.8 Å². The van der Waals surface area contributed by atoms with Crippen molar-refractivity contribution in [1.29, 1.82) is 0 Å². The Morgan fingerprint density at radius 2 is 1.93 bits per heavy atom. The van der Waals surface area contributed by atoms with Gasteiger partial charge in [0.25, 0.3) is 0 Å². The quantitative estimate of drug-likeness (QED) is 0.687. The second kappa shape index (κ2) is 7.94. The SMILES string of the molecule is CCOC(=O)C1C(NCc2ccc(Cl)c(Cl)c2)CC2C1C2(F)C(=O)OCC. The van der Waals surface area contributed by atoms with E-state index in [-0.39, 0.29) is 19.3 Å². The minimum Gasteiger partial charge on any atom is -0.466 e. The fourth-order valence-corrected chi connectivity index (χ4v) is 4.46. The summed E-state index contributed by atoms with van der Waals surface area (Å²) in [6.07, 6.45) is 0.366. The molecule has 1 aromatic rings. The van der Waals surface area contributed by atoms with Crippen LogP contribution in [0.5, 0.6) is 0 Å². The topological polar surface area (TPSA) is 64.6 Å². The highest BCUT2D eigenvalue weighted by Crippen LogP contribution is 2.66. The van der Waals surface area contributed by atoms with Crippen LogP contribution in [0.1, 0.15) is 25.8 Å². The lowest BCUT2D eigenvalue weighted by Gasteiger charge is -2.25. The standard InChI is InChI=1S/C19H22Cl2FNO4/c1-3-26-17(24)15-14(23-9-10-5-6-12(20)13(21)7-10)8-11-16(15)19(11,22)18(25)27-4-2/h5-7,11,14-16,23H,3-4,8-9H2,1-2H3. The van der Waals surface area contributed by atoms with Gasteiger partial charge in [0.15, 0.2) is 0 Å². The zero-order valence-electron chi connectivity index (χ0n) is 15.1. The highest BCUT2D eigenvalue weighted by Gasteiger charge is 2.80. The third-order valence-electron chi connectivity index (χ3n) is 5.38. The van der Waals surface area contributed by atoms with Gasteiger partial charge in [-0.25, -0.2) is 9.18 Å². The molecule has 5 unspecified atom stereocenters. The predicted octanol–water partition coefficient (Wildman–Crippen LogP) is 3.55. The molecule has 0 saturated heterocycles. The number of carbonyl (C=O) groups excluding carboxylic acids is 2. The van der Waals surface area contributed by atoms with Crippen molar-refractivity contribution >= 4 is 35.1 Å². The number of rotatable bonds is 7. The van der Waals surface area contributed by atoms with E-state index in [1.54, 1.807) is 26.0 Å². The average molecular weight is 418 g/mol. The molecule has 3 rings (SSSR count). The molecule has 2 aliphatic rings. The van der Waals surface area contributed by atoms with Gasteiger partial charge in [0.2, 0.25) is 5.67 Å². The molecular weight excluding hydrogens is 396 g/mol. The Bertz CT molecular complexity index is 746. The molecule has 2 fully saturated rings. The van der Waals surface area contributed by atoms with Crippen molar-refractivity contribution in [2.75, 3.05) is 13.2 Å². The molecule has 148 valence electrons. The largest absolute Gasteiger partial charge is 0.466 e. The molecule has 1 aromatic carbocycles. The van der Waals surface area contributed by atoms with E-state index < -0.39 is 35.4 Å². The molecule has 2 saturated carbocycles. The molecule has 0 aromatic heterocycles. The fourth-order valence-electron chi connectivity index (χ4n) is 4.14. The Hall–Kier alpha value is -1.37. The van der Waals surface area contributed by atoms with Crippen molar-refractivity contribution in [3.63, 3.8) is 0 Å². The third-order valence-corrected chi connectivity index (χ3v) is 6.12. The van der Waals surface area contributed by atoms with E-state index in [2.05, 4.69) is 5.32 Å². The normalized spacial score (nSPS) is 31.3. The molecule has 0 bridgehead atoms. The van der Waals surface area contributed by atoms with Gasteiger partial charge in [-0.2, -0.15) is 0 Å². The van der Waals surface area contributed by atoms with E-state index in [1.807, 2.05) is 6.07 Å². The first-order valence-corrected chi connectivity index (χ1v) is 9.80. The van der Waals surface area contributed by atoms with Crippen LogP contribution in [0, 0.1) is 17.8 Å². The molecule has 0 aliphatic heterocycles. The zero-order chi connectivity index (χ0) is 19.8. The predicted molar refractivity (Wildman–Crippen MR) is 99.3 cm³/mol. The number of hydrogen-bond acceptors (Lipinski definition) is 5. The number of benzene rings is 1. The molecule has 0 amide bonds. The van der Waals surface area contributed by atoms with E-state index in [0.29, 0.717) is 23.0 Å². The van der Waals surface area contributed by atoms with Gasteiger partial charge in [0.1, 0.15) is 0 Å². The van der Waals surface area contributed by atoms with Gasteiger partial charge in [0, 0.05) is 24.4 Å². The van der Waals surface area contributed by atoms with Crippen LogP contribution in [-0.2, 0) is 25.6 Å². The summed E-state index contributed by atoms with van der Waals surface area (Å²) in [4.78, 5) is 24.5. The number of ether oxygens (including phenoxy) is 2. The van der Waals surface area contributed by atoms with Crippen molar-refractivity contribution in [3.8, 4) is 0 Å². The highest BCUT2D eigenvalue weighted by molar-refractivity contribution is 6.42. The number of halogens is 3. The summed E-state index contributed by atoms with van der Waals surface area (Å²) < 4.78 is 25.1. The van der Waals surface area contributed by atoms with Gasteiger partial charge >= 0.3 is 11.9 Å². The van der Waals surface area contributed by atoms with E-state index in [9.17, 15) is 9.59 Å². The van der Waals surface area contributed by atoms with E-state index in [0.717, 1.165) is 5.56 Å². The molecule has 2 aliphatic carbocycles. The van der Waals surface area contributed by atoms with Crippen molar-refractivity contribution in [3.05, 3.63) is 33.8 Å². The molecule has 5 atom stereocenters. The summed E-state index contributed by atoms with van der Waals surface area (Å²) in [5, 5.41) is 4.19. The molecule has 0 radical (unpaired) electrons. The van der Waals surface area contributed by atoms with Crippen molar-refractivity contribution < 1.29 is 23.5 Å². The summed E-state index contributed by atoms with van der Waals surface area (Å²) in [6.45, 7) is 4.07. The van der Waals surface area contributed by atoms with Crippen LogP contribution in [0.15, 0.2) is 18.2 Å². The zero-order valence-corrected chi connectivity index (χ0v) is 16.6. The Morgan fingerprint density at radius 3 is 2.56 bits per heavy atom. The number of fused-ring (bicyclic) bond motifs is 1. The van der Waals surface area contributed by atoms with Crippen molar-refractivity contribution in [2.45, 2.75) is 38.5 Å². The molecule has 1 N–H and O–H groups in total. The van der Waals surface area contributed by atoms with Gasteiger partial charge in [-0.1, -0.05) is 29.3 Å². The van der Waals surface area contributed by atoms with Crippen LogP contribution in [0.25, 0.3) is 0 Å². The minimum absolute atomic E-state index is 0.104. The van der Waals surface area contributed by atoms with E-state index >= 15 is 4.39 Å². The summed E-state index contributed by atoms with van der Waals surface area (Å²) in [7, 11) is 0. The Kier molecular flexibility index (Phi) is 5.99. The average Bonchev–Trinajstić information content (AvgIpc) is 3.02. The summed E-state index contributed by atoms with van der Waals surface area (Å²) in [5.41, 5.74) is -1.20. The summed E-state index contributed by atoms with van der Waals surface area (Å²) >= 11 is 11.9. The third kappa shape index (κ3) is 3.67.